The van der Waals surface area contributed by atoms with Gasteiger partial charge in [-0.15, -0.1) is 0 Å². The van der Waals surface area contributed by atoms with Crippen LogP contribution >= 0.6 is 0 Å². The number of Topliss-reactive ketones (excluding diaryl/α,β-unsaturated/α-hetero) is 1. The Balaban J connectivity index is 1.83. The van der Waals surface area contributed by atoms with Gasteiger partial charge in [0.15, 0.2) is 5.78 Å². The molecule has 0 N–H and O–H groups in total. The van der Waals surface area contributed by atoms with Crippen molar-refractivity contribution < 1.29 is 4.79 Å². The minimum absolute atomic E-state index is 0.156. The van der Waals surface area contributed by atoms with Gasteiger partial charge in [-0.05, 0) is 43.7 Å². The molecule has 2 saturated heterocycles. The molecule has 1 aliphatic carbocycles. The van der Waals surface area contributed by atoms with Crippen LogP contribution in [0.3, 0.4) is 0 Å². The van der Waals surface area contributed by atoms with Gasteiger partial charge in [-0.3, -0.25) is 4.79 Å². The zero-order valence-corrected chi connectivity index (χ0v) is 9.65. The van der Waals surface area contributed by atoms with Crippen molar-refractivity contribution in [2.45, 2.75) is 19.8 Å². The van der Waals surface area contributed by atoms with Crippen LogP contribution in [0.15, 0.2) is 24.3 Å². The molecule has 84 valence electrons. The molecular weight excluding hydrogens is 198 g/mol. The summed E-state index contributed by atoms with van der Waals surface area (Å²) in [5.41, 5.74) is 2.05. The lowest BCUT2D eigenvalue weighted by Gasteiger charge is -2.48. The maximum Gasteiger partial charge on any atom is 0.159 e. The Morgan fingerprint density at radius 3 is 2.56 bits per heavy atom. The third-order valence-corrected chi connectivity index (χ3v) is 3.91. The van der Waals surface area contributed by atoms with Crippen molar-refractivity contribution in [1.82, 2.24) is 0 Å². The second kappa shape index (κ2) is 3.62. The molecule has 4 rings (SSSR count). The van der Waals surface area contributed by atoms with Gasteiger partial charge in [0.1, 0.15) is 0 Å². The Kier molecular flexibility index (Phi) is 2.23. The second-order valence-corrected chi connectivity index (χ2v) is 5.21. The summed E-state index contributed by atoms with van der Waals surface area (Å²) in [6.45, 7) is 3.99. The van der Waals surface area contributed by atoms with Crippen LogP contribution in [0.25, 0.3) is 0 Å². The van der Waals surface area contributed by atoms with Crippen molar-refractivity contribution in [1.29, 1.82) is 0 Å². The number of nitrogens with zero attached hydrogens (tertiary/aromatic N) is 1. The van der Waals surface area contributed by atoms with Gasteiger partial charge in [-0.1, -0.05) is 12.1 Å². The van der Waals surface area contributed by atoms with Gasteiger partial charge in [0.05, 0.1) is 0 Å². The summed E-state index contributed by atoms with van der Waals surface area (Å²) in [6, 6.07) is 8.05. The van der Waals surface area contributed by atoms with E-state index in [0.717, 1.165) is 17.4 Å². The topological polar surface area (TPSA) is 20.3 Å². The molecule has 0 atom stereocenters. The average molecular weight is 215 g/mol. The highest BCUT2D eigenvalue weighted by atomic mass is 16.1. The van der Waals surface area contributed by atoms with Gasteiger partial charge in [-0.25, -0.2) is 0 Å². The highest BCUT2D eigenvalue weighted by Crippen LogP contribution is 2.41. The molecule has 2 heteroatoms. The normalized spacial score (nSPS) is 27.4. The number of benzene rings is 1. The number of hydrogen-bond donors (Lipinski definition) is 0. The van der Waals surface area contributed by atoms with Crippen LogP contribution in [-0.4, -0.2) is 18.9 Å². The molecule has 16 heavy (non-hydrogen) atoms. The van der Waals surface area contributed by atoms with Gasteiger partial charge < -0.3 is 4.90 Å². The summed E-state index contributed by atoms with van der Waals surface area (Å²) >= 11 is 0. The fraction of sp³-hybridized carbons (Fsp3) is 0.500. The van der Waals surface area contributed by atoms with E-state index in [1.165, 1.54) is 31.6 Å². The monoisotopic (exact) mass is 215 g/mol. The number of anilines is 1. The second-order valence-electron chi connectivity index (χ2n) is 5.21. The number of rotatable bonds is 2. The zero-order valence-electron chi connectivity index (χ0n) is 9.65. The molecule has 2 nitrogen and oxygen atoms in total. The van der Waals surface area contributed by atoms with Crippen molar-refractivity contribution in [3.8, 4) is 0 Å². The molecular formula is C14H17NO. The molecule has 0 unspecified atom stereocenters. The summed E-state index contributed by atoms with van der Waals surface area (Å²) in [5, 5.41) is 0. The molecule has 2 bridgehead atoms. The minimum atomic E-state index is 0.156. The van der Waals surface area contributed by atoms with Crippen LogP contribution < -0.4 is 4.90 Å². The Morgan fingerprint density at radius 2 is 1.94 bits per heavy atom. The molecule has 2 heterocycles. The van der Waals surface area contributed by atoms with Crippen molar-refractivity contribution in [3.05, 3.63) is 29.8 Å². The summed E-state index contributed by atoms with van der Waals surface area (Å²) in [5.74, 6) is 1.96. The number of hydrogen-bond acceptors (Lipinski definition) is 2. The number of fused-ring (bicyclic) bond motifs is 2. The van der Waals surface area contributed by atoms with Crippen LogP contribution in [0.2, 0.25) is 0 Å². The van der Waals surface area contributed by atoms with E-state index in [-0.39, 0.29) is 5.78 Å². The van der Waals surface area contributed by atoms with Crippen LogP contribution in [0.5, 0.6) is 0 Å². The molecule has 2 aliphatic heterocycles. The van der Waals surface area contributed by atoms with Crippen molar-refractivity contribution in [3.63, 3.8) is 0 Å². The van der Waals surface area contributed by atoms with Gasteiger partial charge >= 0.3 is 0 Å². The summed E-state index contributed by atoms with van der Waals surface area (Å²) < 4.78 is 0. The van der Waals surface area contributed by atoms with Crippen LogP contribution in [-0.2, 0) is 0 Å². The smallest absolute Gasteiger partial charge is 0.159 e. The average Bonchev–Trinajstić information content (AvgIpc) is 2.28. The van der Waals surface area contributed by atoms with E-state index in [2.05, 4.69) is 11.0 Å². The van der Waals surface area contributed by atoms with Gasteiger partial charge in [0, 0.05) is 24.3 Å². The van der Waals surface area contributed by atoms with Gasteiger partial charge in [0.25, 0.3) is 0 Å². The van der Waals surface area contributed by atoms with E-state index in [9.17, 15) is 4.79 Å². The van der Waals surface area contributed by atoms with E-state index in [0.29, 0.717) is 0 Å². The van der Waals surface area contributed by atoms with Crippen LogP contribution in [0.1, 0.15) is 30.1 Å². The summed E-state index contributed by atoms with van der Waals surface area (Å²) in [6.07, 6.45) is 2.84. The lowest BCUT2D eigenvalue weighted by Crippen LogP contribution is -2.48. The molecule has 0 aromatic heterocycles. The maximum absolute atomic E-state index is 11.3. The molecule has 0 amide bonds. The Hall–Kier alpha value is -1.31. The van der Waals surface area contributed by atoms with E-state index in [1.54, 1.807) is 6.92 Å². The number of carbonyl (C=O) groups is 1. The van der Waals surface area contributed by atoms with Crippen molar-refractivity contribution in [2.24, 2.45) is 11.8 Å². The quantitative estimate of drug-likeness (QED) is 0.707. The number of ketones is 1. The minimum Gasteiger partial charge on any atom is -0.371 e. The molecule has 1 aromatic carbocycles. The number of carbonyl (C=O) groups excluding carboxylic acids is 1. The Labute approximate surface area is 96.3 Å². The van der Waals surface area contributed by atoms with Gasteiger partial charge in [-0.2, -0.15) is 0 Å². The first kappa shape index (κ1) is 9.88. The molecule has 3 aliphatic rings. The lowest BCUT2D eigenvalue weighted by molar-refractivity contribution is 0.101. The fourth-order valence-electron chi connectivity index (χ4n) is 3.00. The Morgan fingerprint density at radius 1 is 1.25 bits per heavy atom. The number of piperidine rings is 2. The molecule has 0 radical (unpaired) electrons. The first-order valence-corrected chi connectivity index (χ1v) is 6.08. The van der Waals surface area contributed by atoms with E-state index < -0.39 is 0 Å². The molecule has 1 saturated carbocycles. The maximum atomic E-state index is 11.3. The van der Waals surface area contributed by atoms with Crippen LogP contribution in [0.4, 0.5) is 5.69 Å². The largest absolute Gasteiger partial charge is 0.371 e. The standard InChI is InChI=1S/C14H17NO/c1-10(16)13-3-2-4-14(7-13)15-8-11-5-12(6-11)9-15/h2-4,7,11-12H,5-6,8-9H2,1H3. The summed E-state index contributed by atoms with van der Waals surface area (Å²) in [4.78, 5) is 13.8. The molecule has 1 aromatic rings. The van der Waals surface area contributed by atoms with E-state index in [4.69, 9.17) is 0 Å². The predicted molar refractivity (Wildman–Crippen MR) is 64.9 cm³/mol. The first-order valence-electron chi connectivity index (χ1n) is 6.08. The lowest BCUT2D eigenvalue weighted by atomic mass is 9.71. The fourth-order valence-corrected chi connectivity index (χ4v) is 3.00. The van der Waals surface area contributed by atoms with Crippen molar-refractivity contribution in [2.75, 3.05) is 18.0 Å². The molecule has 3 fully saturated rings. The van der Waals surface area contributed by atoms with E-state index in [1.807, 2.05) is 18.2 Å². The third kappa shape index (κ3) is 1.62. The SMILES string of the molecule is CC(=O)c1cccc(N2CC3CC(C3)C2)c1. The highest BCUT2D eigenvalue weighted by molar-refractivity contribution is 5.95. The summed E-state index contributed by atoms with van der Waals surface area (Å²) in [7, 11) is 0. The predicted octanol–water partition coefficient (Wildman–Crippen LogP) is 2.74. The zero-order chi connectivity index (χ0) is 11.1. The third-order valence-electron chi connectivity index (χ3n) is 3.91. The van der Waals surface area contributed by atoms with Gasteiger partial charge in [0.2, 0.25) is 0 Å². The Bertz CT molecular complexity index is 410. The highest BCUT2D eigenvalue weighted by Gasteiger charge is 2.37. The van der Waals surface area contributed by atoms with E-state index >= 15 is 0 Å². The van der Waals surface area contributed by atoms with Crippen LogP contribution in [0, 0.1) is 11.8 Å². The molecule has 0 spiro atoms. The van der Waals surface area contributed by atoms with Crippen molar-refractivity contribution >= 4 is 11.5 Å². The first-order chi connectivity index (χ1) is 7.72.